The highest BCUT2D eigenvalue weighted by Gasteiger charge is 2.16. The Balaban J connectivity index is 1.78. The molecule has 1 amide bonds. The first-order valence-corrected chi connectivity index (χ1v) is 8.10. The van der Waals surface area contributed by atoms with E-state index in [9.17, 15) is 4.79 Å². The van der Waals surface area contributed by atoms with Gasteiger partial charge in [0.15, 0.2) is 0 Å². The summed E-state index contributed by atoms with van der Waals surface area (Å²) in [5.41, 5.74) is 4.75. The summed E-state index contributed by atoms with van der Waals surface area (Å²) in [6, 6.07) is 10.3. The van der Waals surface area contributed by atoms with Gasteiger partial charge in [-0.25, -0.2) is 0 Å². The molecule has 1 aromatic carbocycles. The van der Waals surface area contributed by atoms with Crippen LogP contribution in [-0.4, -0.2) is 10.9 Å². The van der Waals surface area contributed by atoms with E-state index in [4.69, 9.17) is 0 Å². The van der Waals surface area contributed by atoms with Crippen molar-refractivity contribution in [3.63, 3.8) is 0 Å². The first-order chi connectivity index (χ1) is 10.8. The summed E-state index contributed by atoms with van der Waals surface area (Å²) in [4.78, 5) is 16.3. The number of hydrogen-bond acceptors (Lipinski definition) is 2. The number of amides is 1. The molecule has 0 radical (unpaired) electrons. The van der Waals surface area contributed by atoms with Crippen LogP contribution in [0.2, 0.25) is 0 Å². The van der Waals surface area contributed by atoms with Crippen LogP contribution in [0.1, 0.15) is 59.3 Å². The van der Waals surface area contributed by atoms with Gasteiger partial charge in [0.2, 0.25) is 0 Å². The third-order valence-corrected chi connectivity index (χ3v) is 4.41. The molecule has 3 nitrogen and oxygen atoms in total. The molecule has 3 rings (SSSR count). The molecule has 2 aromatic rings. The maximum atomic E-state index is 12.3. The Kier molecular flexibility index (Phi) is 4.52. The van der Waals surface area contributed by atoms with E-state index >= 15 is 0 Å². The standard InChI is InChI=1S/C19H22N2O/c1-2-18(21-19(22)17-8-5-11-20-13-17)16-10-9-14-6-3-4-7-15(14)12-16/h5,8-13,18H,2-4,6-7H2,1H3,(H,21,22)/t18-/m1/s1. The Hall–Kier alpha value is -2.16. The van der Waals surface area contributed by atoms with Gasteiger partial charge < -0.3 is 5.32 Å². The zero-order chi connectivity index (χ0) is 15.4. The van der Waals surface area contributed by atoms with Crippen molar-refractivity contribution in [1.29, 1.82) is 0 Å². The van der Waals surface area contributed by atoms with Gasteiger partial charge in [0.1, 0.15) is 0 Å². The highest BCUT2D eigenvalue weighted by Crippen LogP contribution is 2.26. The number of aromatic nitrogens is 1. The minimum atomic E-state index is -0.0577. The fourth-order valence-corrected chi connectivity index (χ4v) is 3.13. The Morgan fingerprint density at radius 2 is 2.05 bits per heavy atom. The third-order valence-electron chi connectivity index (χ3n) is 4.41. The number of hydrogen-bond donors (Lipinski definition) is 1. The number of carbonyl (C=O) groups is 1. The summed E-state index contributed by atoms with van der Waals surface area (Å²) in [6.07, 6.45) is 9.08. The Labute approximate surface area is 131 Å². The molecule has 3 heteroatoms. The van der Waals surface area contributed by atoms with Gasteiger partial charge in [-0.3, -0.25) is 9.78 Å². The van der Waals surface area contributed by atoms with E-state index in [2.05, 4.69) is 35.4 Å². The number of pyridine rings is 1. The van der Waals surface area contributed by atoms with Gasteiger partial charge in [-0.05, 0) is 60.9 Å². The van der Waals surface area contributed by atoms with E-state index < -0.39 is 0 Å². The first kappa shape index (κ1) is 14.8. The minimum Gasteiger partial charge on any atom is -0.345 e. The van der Waals surface area contributed by atoms with Crippen LogP contribution < -0.4 is 5.32 Å². The molecule has 1 N–H and O–H groups in total. The fraction of sp³-hybridized carbons (Fsp3) is 0.368. The summed E-state index contributed by atoms with van der Waals surface area (Å²) < 4.78 is 0. The van der Waals surface area contributed by atoms with E-state index in [1.54, 1.807) is 24.5 Å². The number of carbonyl (C=O) groups excluding carboxylic acids is 1. The molecule has 0 aliphatic heterocycles. The lowest BCUT2D eigenvalue weighted by molar-refractivity contribution is 0.0935. The topological polar surface area (TPSA) is 42.0 Å². The van der Waals surface area contributed by atoms with Crippen molar-refractivity contribution in [3.05, 3.63) is 65.0 Å². The molecule has 0 unspecified atom stereocenters. The van der Waals surface area contributed by atoms with Gasteiger partial charge in [0.25, 0.3) is 5.91 Å². The van der Waals surface area contributed by atoms with Crippen LogP contribution >= 0.6 is 0 Å². The van der Waals surface area contributed by atoms with Gasteiger partial charge in [-0.2, -0.15) is 0 Å². The van der Waals surface area contributed by atoms with Gasteiger partial charge in [0, 0.05) is 12.4 Å². The number of aryl methyl sites for hydroxylation is 2. The first-order valence-electron chi connectivity index (χ1n) is 8.10. The highest BCUT2D eigenvalue weighted by molar-refractivity contribution is 5.94. The lowest BCUT2D eigenvalue weighted by Gasteiger charge is -2.21. The third kappa shape index (κ3) is 3.19. The van der Waals surface area contributed by atoms with Crippen molar-refractivity contribution in [3.8, 4) is 0 Å². The van der Waals surface area contributed by atoms with Gasteiger partial charge in [-0.1, -0.05) is 25.1 Å². The molecule has 0 spiro atoms. The molecule has 1 atom stereocenters. The number of benzene rings is 1. The monoisotopic (exact) mass is 294 g/mol. The van der Waals surface area contributed by atoms with Gasteiger partial charge in [0.05, 0.1) is 11.6 Å². The number of rotatable bonds is 4. The highest BCUT2D eigenvalue weighted by atomic mass is 16.1. The SMILES string of the molecule is CC[C@@H](NC(=O)c1cccnc1)c1ccc2c(c1)CCCC2. The predicted octanol–water partition coefficient (Wildman–Crippen LogP) is 3.84. The fourth-order valence-electron chi connectivity index (χ4n) is 3.13. The maximum Gasteiger partial charge on any atom is 0.253 e. The molecular formula is C19H22N2O. The second kappa shape index (κ2) is 6.73. The van der Waals surface area contributed by atoms with Crippen LogP contribution in [0.25, 0.3) is 0 Å². The second-order valence-electron chi connectivity index (χ2n) is 5.91. The smallest absolute Gasteiger partial charge is 0.253 e. The van der Waals surface area contributed by atoms with E-state index in [1.807, 2.05) is 0 Å². The van der Waals surface area contributed by atoms with Crippen LogP contribution in [0.15, 0.2) is 42.7 Å². The van der Waals surface area contributed by atoms with Crippen molar-refractivity contribution < 1.29 is 4.79 Å². The molecule has 114 valence electrons. The van der Waals surface area contributed by atoms with Crippen LogP contribution in [-0.2, 0) is 12.8 Å². The van der Waals surface area contributed by atoms with Crippen LogP contribution in [0, 0.1) is 0 Å². The molecule has 0 saturated heterocycles. The summed E-state index contributed by atoms with van der Waals surface area (Å²) in [5.74, 6) is -0.0577. The molecule has 1 heterocycles. The quantitative estimate of drug-likeness (QED) is 0.931. The lowest BCUT2D eigenvalue weighted by Crippen LogP contribution is -2.28. The summed E-state index contributed by atoms with van der Waals surface area (Å²) >= 11 is 0. The van der Waals surface area contributed by atoms with E-state index in [0.717, 1.165) is 12.8 Å². The van der Waals surface area contributed by atoms with Crippen LogP contribution in [0.4, 0.5) is 0 Å². The Bertz CT molecular complexity index is 652. The number of nitrogens with zero attached hydrogens (tertiary/aromatic N) is 1. The zero-order valence-electron chi connectivity index (χ0n) is 13.0. The average Bonchev–Trinajstić information content (AvgIpc) is 2.59. The van der Waals surface area contributed by atoms with Crippen molar-refractivity contribution in [2.24, 2.45) is 0 Å². The molecular weight excluding hydrogens is 272 g/mol. The average molecular weight is 294 g/mol. The minimum absolute atomic E-state index is 0.0555. The zero-order valence-corrected chi connectivity index (χ0v) is 13.0. The molecule has 1 aromatic heterocycles. The van der Waals surface area contributed by atoms with Crippen molar-refractivity contribution in [2.75, 3.05) is 0 Å². The van der Waals surface area contributed by atoms with Crippen molar-refractivity contribution >= 4 is 5.91 Å². The summed E-state index contributed by atoms with van der Waals surface area (Å²) in [7, 11) is 0. The number of fused-ring (bicyclic) bond motifs is 1. The maximum absolute atomic E-state index is 12.3. The van der Waals surface area contributed by atoms with E-state index in [-0.39, 0.29) is 11.9 Å². The Morgan fingerprint density at radius 3 is 2.77 bits per heavy atom. The summed E-state index contributed by atoms with van der Waals surface area (Å²) in [5, 5.41) is 3.13. The largest absolute Gasteiger partial charge is 0.345 e. The van der Waals surface area contributed by atoms with Crippen molar-refractivity contribution in [2.45, 2.75) is 45.1 Å². The van der Waals surface area contributed by atoms with Crippen LogP contribution in [0.3, 0.4) is 0 Å². The normalized spacial score (nSPS) is 15.0. The lowest BCUT2D eigenvalue weighted by atomic mass is 9.89. The molecule has 1 aliphatic carbocycles. The number of nitrogens with one attached hydrogen (secondary N) is 1. The summed E-state index contributed by atoms with van der Waals surface area (Å²) in [6.45, 7) is 2.10. The molecule has 22 heavy (non-hydrogen) atoms. The predicted molar refractivity (Wildman–Crippen MR) is 87.8 cm³/mol. The molecule has 1 aliphatic rings. The second-order valence-corrected chi connectivity index (χ2v) is 5.91. The molecule has 0 saturated carbocycles. The van der Waals surface area contributed by atoms with Crippen LogP contribution in [0.5, 0.6) is 0 Å². The van der Waals surface area contributed by atoms with E-state index in [0.29, 0.717) is 5.56 Å². The molecule has 0 fully saturated rings. The van der Waals surface area contributed by atoms with Gasteiger partial charge >= 0.3 is 0 Å². The van der Waals surface area contributed by atoms with Crippen molar-refractivity contribution in [1.82, 2.24) is 10.3 Å². The Morgan fingerprint density at radius 1 is 1.23 bits per heavy atom. The molecule has 0 bridgehead atoms. The van der Waals surface area contributed by atoms with E-state index in [1.165, 1.54) is 36.0 Å². The van der Waals surface area contributed by atoms with Gasteiger partial charge in [-0.15, -0.1) is 0 Å².